The second-order valence-electron chi connectivity index (χ2n) is 9.16. The summed E-state index contributed by atoms with van der Waals surface area (Å²) < 4.78 is 7.73. The summed E-state index contributed by atoms with van der Waals surface area (Å²) >= 11 is 0. The Morgan fingerprint density at radius 1 is 1.06 bits per heavy atom. The zero-order chi connectivity index (χ0) is 21.8. The van der Waals surface area contributed by atoms with Gasteiger partial charge < -0.3 is 10.5 Å². The third kappa shape index (κ3) is 3.24. The molecule has 3 aromatic heterocycles. The van der Waals surface area contributed by atoms with Gasteiger partial charge in [0.1, 0.15) is 11.4 Å². The molecule has 4 aromatic rings. The maximum atomic E-state index is 6.13. The molecular formula is C25H28N6O. The molecule has 0 unspecified atom stereocenters. The van der Waals surface area contributed by atoms with Crippen molar-refractivity contribution in [3.63, 3.8) is 0 Å². The molecule has 0 bridgehead atoms. The van der Waals surface area contributed by atoms with Gasteiger partial charge in [-0.15, -0.1) is 10.2 Å². The van der Waals surface area contributed by atoms with E-state index in [9.17, 15) is 0 Å². The quantitative estimate of drug-likeness (QED) is 0.519. The lowest BCUT2D eigenvalue weighted by molar-refractivity contribution is 0.259. The van der Waals surface area contributed by atoms with Gasteiger partial charge in [-0.3, -0.25) is 9.30 Å². The van der Waals surface area contributed by atoms with Crippen molar-refractivity contribution in [1.29, 1.82) is 0 Å². The van der Waals surface area contributed by atoms with E-state index in [2.05, 4.69) is 56.9 Å². The predicted octanol–water partition coefficient (Wildman–Crippen LogP) is 3.92. The van der Waals surface area contributed by atoms with E-state index in [1.54, 1.807) is 7.11 Å². The smallest absolute Gasteiger partial charge is 0.187 e. The highest BCUT2D eigenvalue weighted by Gasteiger charge is 2.30. The van der Waals surface area contributed by atoms with Crippen LogP contribution in [-0.2, 0) is 0 Å². The highest BCUT2D eigenvalue weighted by atomic mass is 16.5. The van der Waals surface area contributed by atoms with Gasteiger partial charge in [0.25, 0.3) is 0 Å². The minimum Gasteiger partial charge on any atom is -0.496 e. The van der Waals surface area contributed by atoms with Crippen LogP contribution < -0.4 is 10.5 Å². The van der Waals surface area contributed by atoms with Gasteiger partial charge in [0, 0.05) is 42.3 Å². The summed E-state index contributed by atoms with van der Waals surface area (Å²) in [7, 11) is 1.73. The van der Waals surface area contributed by atoms with Crippen LogP contribution in [0.15, 0.2) is 42.6 Å². The summed E-state index contributed by atoms with van der Waals surface area (Å²) in [6, 6.07) is 13.1. The first-order valence-electron chi connectivity index (χ1n) is 11.4. The molecule has 0 amide bonds. The Bertz CT molecular complexity index is 1310. The summed E-state index contributed by atoms with van der Waals surface area (Å²) in [5, 5.41) is 10.0. The Balaban J connectivity index is 1.44. The second-order valence-corrected chi connectivity index (χ2v) is 9.16. The van der Waals surface area contributed by atoms with Crippen molar-refractivity contribution in [3.8, 4) is 17.3 Å². The fraction of sp³-hybridized carbons (Fsp3) is 0.400. The Hall–Kier alpha value is -3.03. The zero-order valence-corrected chi connectivity index (χ0v) is 18.5. The SMILES string of the molecule is COc1ccc2ccc(-c3nnc4ccc([C@H](C)N5CC[C@H](N)C5)cn34)nc2c1C1CC1. The van der Waals surface area contributed by atoms with Gasteiger partial charge in [0.2, 0.25) is 0 Å². The minimum atomic E-state index is 0.270. The number of pyridine rings is 2. The first kappa shape index (κ1) is 19.6. The molecule has 2 aliphatic rings. The summed E-state index contributed by atoms with van der Waals surface area (Å²) in [6.07, 6.45) is 5.59. The van der Waals surface area contributed by atoms with Crippen molar-refractivity contribution in [3.05, 3.63) is 53.7 Å². The van der Waals surface area contributed by atoms with Gasteiger partial charge in [-0.05, 0) is 61.9 Å². The van der Waals surface area contributed by atoms with Crippen molar-refractivity contribution < 1.29 is 4.74 Å². The van der Waals surface area contributed by atoms with E-state index < -0.39 is 0 Å². The molecule has 2 fully saturated rings. The summed E-state index contributed by atoms with van der Waals surface area (Å²) in [6.45, 7) is 4.21. The number of methoxy groups -OCH3 is 1. The fourth-order valence-electron chi connectivity index (χ4n) is 4.97. The van der Waals surface area contributed by atoms with Gasteiger partial charge in [-0.2, -0.15) is 0 Å². The largest absolute Gasteiger partial charge is 0.496 e. The van der Waals surface area contributed by atoms with Gasteiger partial charge in [0.05, 0.1) is 12.6 Å². The number of nitrogens with two attached hydrogens (primary N) is 1. The molecule has 2 atom stereocenters. The van der Waals surface area contributed by atoms with Crippen LogP contribution in [0.4, 0.5) is 0 Å². The maximum Gasteiger partial charge on any atom is 0.187 e. The first-order valence-corrected chi connectivity index (χ1v) is 11.4. The van der Waals surface area contributed by atoms with Crippen molar-refractivity contribution >= 4 is 16.6 Å². The third-order valence-corrected chi connectivity index (χ3v) is 7.01. The van der Waals surface area contributed by atoms with E-state index in [1.807, 2.05) is 12.1 Å². The van der Waals surface area contributed by atoms with E-state index >= 15 is 0 Å². The van der Waals surface area contributed by atoms with Crippen molar-refractivity contribution in [2.75, 3.05) is 20.2 Å². The molecule has 1 aliphatic carbocycles. The van der Waals surface area contributed by atoms with Gasteiger partial charge in [-0.1, -0.05) is 12.1 Å². The summed E-state index contributed by atoms with van der Waals surface area (Å²) in [5.74, 6) is 2.22. The molecule has 6 rings (SSSR count). The second kappa shape index (κ2) is 7.53. The van der Waals surface area contributed by atoms with E-state index in [0.29, 0.717) is 12.0 Å². The van der Waals surface area contributed by atoms with E-state index in [-0.39, 0.29) is 6.04 Å². The van der Waals surface area contributed by atoms with Crippen molar-refractivity contribution in [1.82, 2.24) is 24.5 Å². The lowest BCUT2D eigenvalue weighted by Crippen LogP contribution is -2.28. The van der Waals surface area contributed by atoms with E-state index in [1.165, 1.54) is 24.0 Å². The molecule has 1 aromatic carbocycles. The number of ether oxygens (including phenoxy) is 1. The monoisotopic (exact) mass is 428 g/mol. The molecule has 1 saturated carbocycles. The number of hydrogen-bond donors (Lipinski definition) is 1. The summed E-state index contributed by atoms with van der Waals surface area (Å²) in [4.78, 5) is 7.51. The molecule has 32 heavy (non-hydrogen) atoms. The van der Waals surface area contributed by atoms with E-state index in [4.69, 9.17) is 15.5 Å². The fourth-order valence-corrected chi connectivity index (χ4v) is 4.97. The number of hydrogen-bond acceptors (Lipinski definition) is 6. The summed E-state index contributed by atoms with van der Waals surface area (Å²) in [5.41, 5.74) is 11.2. The number of likely N-dealkylation sites (tertiary alicyclic amines) is 1. The standard InChI is InChI=1S/C25H28N6O/c1-15(30-12-11-19(26)14-30)18-7-10-22-28-29-25(31(22)13-18)20-8-5-17-6-9-21(32-2)23(16-3-4-16)24(17)27-20/h5-10,13,15-16,19H,3-4,11-12,14,26H2,1-2H3/t15-,19-/m0/s1. The van der Waals surface area contributed by atoms with Crippen LogP contribution in [0.3, 0.4) is 0 Å². The van der Waals surface area contributed by atoms with Gasteiger partial charge >= 0.3 is 0 Å². The maximum absolute atomic E-state index is 6.13. The minimum absolute atomic E-state index is 0.270. The van der Waals surface area contributed by atoms with Crippen LogP contribution in [0.2, 0.25) is 0 Å². The molecule has 1 saturated heterocycles. The van der Waals surface area contributed by atoms with Crippen molar-refractivity contribution in [2.45, 2.75) is 44.2 Å². The predicted molar refractivity (Wildman–Crippen MR) is 125 cm³/mol. The molecule has 2 N–H and O–H groups in total. The van der Waals surface area contributed by atoms with Crippen LogP contribution in [0.5, 0.6) is 5.75 Å². The highest BCUT2D eigenvalue weighted by molar-refractivity contribution is 5.87. The molecule has 7 nitrogen and oxygen atoms in total. The Morgan fingerprint density at radius 3 is 2.66 bits per heavy atom. The lowest BCUT2D eigenvalue weighted by atomic mass is 10.0. The number of fused-ring (bicyclic) bond motifs is 2. The Morgan fingerprint density at radius 2 is 1.91 bits per heavy atom. The average molecular weight is 429 g/mol. The highest BCUT2D eigenvalue weighted by Crippen LogP contribution is 2.47. The normalized spacial score (nSPS) is 20.3. The number of benzene rings is 1. The molecule has 1 aliphatic heterocycles. The average Bonchev–Trinajstić information content (AvgIpc) is 3.42. The van der Waals surface area contributed by atoms with Crippen LogP contribution >= 0.6 is 0 Å². The zero-order valence-electron chi connectivity index (χ0n) is 18.5. The van der Waals surface area contributed by atoms with Crippen molar-refractivity contribution in [2.24, 2.45) is 5.73 Å². The number of aromatic nitrogens is 4. The molecule has 4 heterocycles. The molecule has 0 spiro atoms. The van der Waals surface area contributed by atoms with E-state index in [0.717, 1.165) is 53.3 Å². The Labute approximate surface area is 187 Å². The molecular weight excluding hydrogens is 400 g/mol. The topological polar surface area (TPSA) is 81.6 Å². The van der Waals surface area contributed by atoms with Crippen LogP contribution in [0, 0.1) is 0 Å². The molecule has 164 valence electrons. The van der Waals surface area contributed by atoms with Crippen LogP contribution in [-0.4, -0.2) is 50.7 Å². The third-order valence-electron chi connectivity index (χ3n) is 7.01. The number of rotatable bonds is 5. The lowest BCUT2D eigenvalue weighted by Gasteiger charge is -2.24. The molecule has 0 radical (unpaired) electrons. The number of nitrogens with zero attached hydrogens (tertiary/aromatic N) is 5. The first-order chi connectivity index (χ1) is 15.6. The van der Waals surface area contributed by atoms with Crippen LogP contribution in [0.1, 0.15) is 49.3 Å². The van der Waals surface area contributed by atoms with Crippen LogP contribution in [0.25, 0.3) is 28.1 Å². The molecule has 7 heteroatoms. The Kier molecular flexibility index (Phi) is 4.62. The van der Waals surface area contributed by atoms with Gasteiger partial charge in [-0.25, -0.2) is 4.98 Å². The van der Waals surface area contributed by atoms with Gasteiger partial charge in [0.15, 0.2) is 11.5 Å².